The molecule has 0 bridgehead atoms. The van der Waals surface area contributed by atoms with E-state index in [0.29, 0.717) is 19.6 Å². The minimum atomic E-state index is 0.00214. The number of nitrogens with one attached hydrogen (secondary N) is 1. The first-order valence-corrected chi connectivity index (χ1v) is 8.22. The Kier molecular flexibility index (Phi) is 6.82. The van der Waals surface area contributed by atoms with Crippen LogP contribution in [-0.4, -0.2) is 31.5 Å². The summed E-state index contributed by atoms with van der Waals surface area (Å²) in [6.45, 7) is 3.81. The van der Waals surface area contributed by atoms with Gasteiger partial charge in [-0.15, -0.1) is 0 Å². The van der Waals surface area contributed by atoms with Gasteiger partial charge in [0, 0.05) is 13.1 Å². The van der Waals surface area contributed by atoms with Crippen molar-refractivity contribution in [1.82, 2.24) is 10.2 Å². The summed E-state index contributed by atoms with van der Waals surface area (Å²) >= 11 is 0. The van der Waals surface area contributed by atoms with E-state index in [-0.39, 0.29) is 5.91 Å². The minimum Gasteiger partial charge on any atom is -0.493 e. The number of nitrogens with zero attached hydrogens (tertiary/aromatic N) is 1. The van der Waals surface area contributed by atoms with Crippen LogP contribution in [0, 0.1) is 6.92 Å². The van der Waals surface area contributed by atoms with Crippen LogP contribution in [0.1, 0.15) is 23.1 Å². The van der Waals surface area contributed by atoms with Crippen molar-refractivity contribution >= 4 is 5.91 Å². The third-order valence-corrected chi connectivity index (χ3v) is 3.67. The minimum absolute atomic E-state index is 0.00214. The maximum absolute atomic E-state index is 12.0. The molecule has 0 spiro atoms. The van der Waals surface area contributed by atoms with Gasteiger partial charge < -0.3 is 15.0 Å². The molecule has 2 aromatic carbocycles. The Morgan fingerprint density at radius 3 is 2.54 bits per heavy atom. The van der Waals surface area contributed by atoms with E-state index in [9.17, 15) is 4.79 Å². The first-order valence-electron chi connectivity index (χ1n) is 8.22. The van der Waals surface area contributed by atoms with Gasteiger partial charge in [0.2, 0.25) is 5.91 Å². The zero-order chi connectivity index (χ0) is 17.4. The number of hydrogen-bond donors (Lipinski definition) is 1. The zero-order valence-corrected chi connectivity index (χ0v) is 14.7. The molecule has 128 valence electrons. The number of carbonyl (C=O) groups excluding carboxylic acids is 1. The van der Waals surface area contributed by atoms with E-state index in [1.165, 1.54) is 5.56 Å². The number of amides is 1. The third kappa shape index (κ3) is 6.05. The van der Waals surface area contributed by atoms with Crippen LogP contribution in [0.2, 0.25) is 0 Å². The number of benzene rings is 2. The number of aryl methyl sites for hydroxylation is 1. The molecule has 0 saturated heterocycles. The Morgan fingerprint density at radius 2 is 1.83 bits per heavy atom. The lowest BCUT2D eigenvalue weighted by Gasteiger charge is -2.14. The van der Waals surface area contributed by atoms with Crippen LogP contribution in [0.4, 0.5) is 0 Å². The highest BCUT2D eigenvalue weighted by molar-refractivity contribution is 5.76. The predicted molar refractivity (Wildman–Crippen MR) is 97.0 cm³/mol. The Bertz CT molecular complexity index is 668. The van der Waals surface area contributed by atoms with Gasteiger partial charge >= 0.3 is 0 Å². The fourth-order valence-corrected chi connectivity index (χ4v) is 2.47. The summed E-state index contributed by atoms with van der Waals surface area (Å²) in [5, 5.41) is 2.97. The summed E-state index contributed by atoms with van der Waals surface area (Å²) < 4.78 is 5.62. The molecule has 0 fully saturated rings. The summed E-state index contributed by atoms with van der Waals surface area (Å²) in [5.41, 5.74) is 3.53. The summed E-state index contributed by atoms with van der Waals surface area (Å²) in [6, 6.07) is 16.0. The Balaban J connectivity index is 1.77. The molecule has 2 rings (SSSR count). The normalized spacial score (nSPS) is 10.7. The SMILES string of the molecule is Cc1cccc(OCCC(=O)NCc2ccccc2CN(C)C)c1. The largest absolute Gasteiger partial charge is 0.493 e. The smallest absolute Gasteiger partial charge is 0.223 e. The van der Waals surface area contributed by atoms with Gasteiger partial charge in [-0.25, -0.2) is 0 Å². The molecule has 2 aromatic rings. The molecule has 0 saturated carbocycles. The molecule has 0 aliphatic carbocycles. The van der Waals surface area contributed by atoms with Gasteiger partial charge in [0.15, 0.2) is 0 Å². The molecule has 24 heavy (non-hydrogen) atoms. The van der Waals surface area contributed by atoms with E-state index in [0.717, 1.165) is 23.4 Å². The standard InChI is InChI=1S/C20H26N2O2/c1-16-7-6-10-19(13-16)24-12-11-20(23)21-14-17-8-4-5-9-18(17)15-22(2)3/h4-10,13H,11-12,14-15H2,1-3H3,(H,21,23). The molecule has 0 radical (unpaired) electrons. The van der Waals surface area contributed by atoms with Crippen LogP contribution in [0.3, 0.4) is 0 Å². The van der Waals surface area contributed by atoms with Crippen molar-refractivity contribution in [3.8, 4) is 5.75 Å². The first-order chi connectivity index (χ1) is 11.5. The molecule has 0 atom stereocenters. The second-order valence-corrected chi connectivity index (χ2v) is 6.20. The van der Waals surface area contributed by atoms with E-state index < -0.39 is 0 Å². The first kappa shape index (κ1) is 18.0. The highest BCUT2D eigenvalue weighted by Gasteiger charge is 2.06. The fourth-order valence-electron chi connectivity index (χ4n) is 2.47. The highest BCUT2D eigenvalue weighted by Crippen LogP contribution is 2.13. The lowest BCUT2D eigenvalue weighted by atomic mass is 10.1. The predicted octanol–water partition coefficient (Wildman–Crippen LogP) is 3.14. The van der Waals surface area contributed by atoms with Crippen molar-refractivity contribution in [2.24, 2.45) is 0 Å². The van der Waals surface area contributed by atoms with Crippen molar-refractivity contribution in [3.63, 3.8) is 0 Å². The van der Waals surface area contributed by atoms with Crippen LogP contribution in [0.25, 0.3) is 0 Å². The average Bonchev–Trinajstić information content (AvgIpc) is 2.53. The molecule has 4 heteroatoms. The van der Waals surface area contributed by atoms with Crippen molar-refractivity contribution in [1.29, 1.82) is 0 Å². The average molecular weight is 326 g/mol. The van der Waals surface area contributed by atoms with E-state index in [1.54, 1.807) is 0 Å². The van der Waals surface area contributed by atoms with E-state index in [4.69, 9.17) is 4.74 Å². The molecule has 1 N–H and O–H groups in total. The Labute approximate surface area is 144 Å². The van der Waals surface area contributed by atoms with Crippen molar-refractivity contribution < 1.29 is 9.53 Å². The summed E-state index contributed by atoms with van der Waals surface area (Å²) in [4.78, 5) is 14.1. The topological polar surface area (TPSA) is 41.6 Å². The van der Waals surface area contributed by atoms with Crippen LogP contribution in [0.15, 0.2) is 48.5 Å². The maximum atomic E-state index is 12.0. The van der Waals surface area contributed by atoms with Gasteiger partial charge in [0.05, 0.1) is 13.0 Å². The Hall–Kier alpha value is -2.33. The van der Waals surface area contributed by atoms with Crippen molar-refractivity contribution in [2.45, 2.75) is 26.4 Å². The second-order valence-electron chi connectivity index (χ2n) is 6.20. The number of hydrogen-bond acceptors (Lipinski definition) is 3. The lowest BCUT2D eigenvalue weighted by molar-refractivity contribution is -0.121. The van der Waals surface area contributed by atoms with Gasteiger partial charge in [-0.2, -0.15) is 0 Å². The molecule has 4 nitrogen and oxygen atoms in total. The zero-order valence-electron chi connectivity index (χ0n) is 14.7. The van der Waals surface area contributed by atoms with Gasteiger partial charge in [-0.1, -0.05) is 36.4 Å². The van der Waals surface area contributed by atoms with Crippen molar-refractivity contribution in [3.05, 3.63) is 65.2 Å². The molecule has 0 aliphatic rings. The fraction of sp³-hybridized carbons (Fsp3) is 0.350. The van der Waals surface area contributed by atoms with Crippen LogP contribution < -0.4 is 10.1 Å². The van der Waals surface area contributed by atoms with Gasteiger partial charge in [0.25, 0.3) is 0 Å². The summed E-state index contributed by atoms with van der Waals surface area (Å²) in [5.74, 6) is 0.807. The van der Waals surface area contributed by atoms with Crippen molar-refractivity contribution in [2.75, 3.05) is 20.7 Å². The van der Waals surface area contributed by atoms with Gasteiger partial charge in [-0.05, 0) is 49.8 Å². The van der Waals surface area contributed by atoms with E-state index in [2.05, 4.69) is 22.3 Å². The number of ether oxygens (including phenoxy) is 1. The molecule has 0 aromatic heterocycles. The quantitative estimate of drug-likeness (QED) is 0.810. The van der Waals surface area contributed by atoms with E-state index in [1.807, 2.05) is 57.4 Å². The molecular weight excluding hydrogens is 300 g/mol. The van der Waals surface area contributed by atoms with Crippen LogP contribution >= 0.6 is 0 Å². The molecule has 1 amide bonds. The van der Waals surface area contributed by atoms with Crippen LogP contribution in [0.5, 0.6) is 5.75 Å². The van der Waals surface area contributed by atoms with Gasteiger partial charge in [-0.3, -0.25) is 4.79 Å². The lowest BCUT2D eigenvalue weighted by Crippen LogP contribution is -2.25. The number of carbonyl (C=O) groups is 1. The molecular formula is C20H26N2O2. The Morgan fingerprint density at radius 1 is 1.08 bits per heavy atom. The number of rotatable bonds is 8. The van der Waals surface area contributed by atoms with Crippen LogP contribution in [-0.2, 0) is 17.9 Å². The molecule has 0 aliphatic heterocycles. The molecule has 0 heterocycles. The summed E-state index contributed by atoms with van der Waals surface area (Å²) in [7, 11) is 4.08. The monoisotopic (exact) mass is 326 g/mol. The summed E-state index contributed by atoms with van der Waals surface area (Å²) in [6.07, 6.45) is 0.351. The van der Waals surface area contributed by atoms with Gasteiger partial charge in [0.1, 0.15) is 5.75 Å². The second kappa shape index (κ2) is 9.08. The maximum Gasteiger partial charge on any atom is 0.223 e. The molecule has 0 unspecified atom stereocenters. The third-order valence-electron chi connectivity index (χ3n) is 3.67. The van der Waals surface area contributed by atoms with E-state index >= 15 is 0 Å². The highest BCUT2D eigenvalue weighted by atomic mass is 16.5.